The van der Waals surface area contributed by atoms with Gasteiger partial charge in [0.25, 0.3) is 0 Å². The highest BCUT2D eigenvalue weighted by atomic mass is 35.5. The number of halogens is 1. The Kier molecular flexibility index (Phi) is 3.90. The van der Waals surface area contributed by atoms with Gasteiger partial charge in [0.2, 0.25) is 0 Å². The van der Waals surface area contributed by atoms with Gasteiger partial charge in [-0.05, 0) is 42.8 Å². The highest BCUT2D eigenvalue weighted by molar-refractivity contribution is 6.31. The van der Waals surface area contributed by atoms with Crippen LogP contribution in [0, 0.1) is 0 Å². The molecule has 0 aromatic heterocycles. The van der Waals surface area contributed by atoms with Gasteiger partial charge in [-0.1, -0.05) is 41.9 Å². The van der Waals surface area contributed by atoms with E-state index < -0.39 is 6.16 Å². The molecule has 3 rings (SSSR count). The molecule has 112 valence electrons. The number of ether oxygens (including phenoxy) is 2. The van der Waals surface area contributed by atoms with E-state index in [0.717, 1.165) is 21.5 Å². The SMILES string of the molecule is CC(C)OC(=O)Oc1c2ccccc2cc2ccc(Cl)cc12. The van der Waals surface area contributed by atoms with Crippen molar-refractivity contribution in [2.45, 2.75) is 20.0 Å². The summed E-state index contributed by atoms with van der Waals surface area (Å²) in [4.78, 5) is 11.9. The third-order valence-electron chi connectivity index (χ3n) is 3.29. The highest BCUT2D eigenvalue weighted by Gasteiger charge is 2.15. The number of carbonyl (C=O) groups is 1. The van der Waals surface area contributed by atoms with Gasteiger partial charge in [0, 0.05) is 15.8 Å². The van der Waals surface area contributed by atoms with Gasteiger partial charge in [-0.3, -0.25) is 0 Å². The van der Waals surface area contributed by atoms with Crippen molar-refractivity contribution in [3.63, 3.8) is 0 Å². The van der Waals surface area contributed by atoms with Crippen LogP contribution in [-0.4, -0.2) is 12.3 Å². The summed E-state index contributed by atoms with van der Waals surface area (Å²) >= 11 is 6.09. The summed E-state index contributed by atoms with van der Waals surface area (Å²) in [5, 5.41) is 4.16. The number of hydrogen-bond donors (Lipinski definition) is 0. The van der Waals surface area contributed by atoms with E-state index in [2.05, 4.69) is 0 Å². The average Bonchev–Trinajstić information content (AvgIpc) is 2.47. The lowest BCUT2D eigenvalue weighted by molar-refractivity contribution is 0.0737. The molecule has 4 heteroatoms. The molecule has 0 amide bonds. The van der Waals surface area contributed by atoms with Crippen LogP contribution in [0.2, 0.25) is 5.02 Å². The van der Waals surface area contributed by atoms with Crippen LogP contribution < -0.4 is 4.74 Å². The summed E-state index contributed by atoms with van der Waals surface area (Å²) in [6.07, 6.45) is -0.954. The smallest absolute Gasteiger partial charge is 0.431 e. The second kappa shape index (κ2) is 5.85. The Morgan fingerprint density at radius 2 is 1.73 bits per heavy atom. The average molecular weight is 315 g/mol. The molecular weight excluding hydrogens is 300 g/mol. The van der Waals surface area contributed by atoms with Crippen molar-refractivity contribution < 1.29 is 14.3 Å². The molecule has 0 fully saturated rings. The van der Waals surface area contributed by atoms with Crippen LogP contribution in [0.1, 0.15) is 13.8 Å². The molecule has 3 aromatic rings. The maximum absolute atomic E-state index is 11.9. The fourth-order valence-corrected chi connectivity index (χ4v) is 2.58. The van der Waals surface area contributed by atoms with E-state index >= 15 is 0 Å². The number of rotatable bonds is 2. The van der Waals surface area contributed by atoms with E-state index in [9.17, 15) is 4.79 Å². The van der Waals surface area contributed by atoms with Crippen LogP contribution in [0.5, 0.6) is 5.75 Å². The van der Waals surface area contributed by atoms with Gasteiger partial charge in [0.1, 0.15) is 5.75 Å². The van der Waals surface area contributed by atoms with Crippen LogP contribution in [0.4, 0.5) is 4.79 Å². The number of benzene rings is 3. The number of carbonyl (C=O) groups excluding carboxylic acids is 1. The van der Waals surface area contributed by atoms with Gasteiger partial charge in [0.15, 0.2) is 0 Å². The summed E-state index contributed by atoms with van der Waals surface area (Å²) < 4.78 is 10.6. The molecule has 0 aliphatic heterocycles. The first-order valence-corrected chi connectivity index (χ1v) is 7.42. The Bertz CT molecular complexity index is 855. The second-order valence-corrected chi connectivity index (χ2v) is 5.75. The summed E-state index contributed by atoms with van der Waals surface area (Å²) in [7, 11) is 0. The molecule has 0 aliphatic rings. The van der Waals surface area contributed by atoms with Crippen LogP contribution in [-0.2, 0) is 4.74 Å². The normalized spacial score (nSPS) is 11.1. The molecule has 0 heterocycles. The molecule has 0 N–H and O–H groups in total. The van der Waals surface area contributed by atoms with Gasteiger partial charge >= 0.3 is 6.16 Å². The van der Waals surface area contributed by atoms with Crippen molar-refractivity contribution in [1.82, 2.24) is 0 Å². The number of fused-ring (bicyclic) bond motifs is 2. The van der Waals surface area contributed by atoms with Gasteiger partial charge in [0.05, 0.1) is 6.10 Å². The third kappa shape index (κ3) is 2.85. The van der Waals surface area contributed by atoms with E-state index in [-0.39, 0.29) is 6.10 Å². The van der Waals surface area contributed by atoms with Crippen molar-refractivity contribution in [3.05, 3.63) is 53.6 Å². The fourth-order valence-electron chi connectivity index (χ4n) is 2.40. The van der Waals surface area contributed by atoms with E-state index in [0.29, 0.717) is 10.8 Å². The van der Waals surface area contributed by atoms with E-state index in [4.69, 9.17) is 21.1 Å². The quantitative estimate of drug-likeness (QED) is 0.352. The second-order valence-electron chi connectivity index (χ2n) is 5.31. The van der Waals surface area contributed by atoms with Gasteiger partial charge in [-0.25, -0.2) is 4.79 Å². The van der Waals surface area contributed by atoms with Gasteiger partial charge in [-0.2, -0.15) is 0 Å². The Labute approximate surface area is 133 Å². The lowest BCUT2D eigenvalue weighted by atomic mass is 10.0. The minimum Gasteiger partial charge on any atom is -0.431 e. The van der Waals surface area contributed by atoms with Crippen molar-refractivity contribution >= 4 is 39.3 Å². The molecular formula is C18H15ClO3. The number of hydrogen-bond acceptors (Lipinski definition) is 3. The van der Waals surface area contributed by atoms with Crippen molar-refractivity contribution in [1.29, 1.82) is 0 Å². The first-order chi connectivity index (χ1) is 10.5. The predicted molar refractivity (Wildman–Crippen MR) is 88.7 cm³/mol. The Hall–Kier alpha value is -2.26. The standard InChI is InChI=1S/C18H15ClO3/c1-11(2)21-18(20)22-17-15-6-4-3-5-12(15)9-13-7-8-14(19)10-16(13)17/h3-11H,1-2H3. The first kappa shape index (κ1) is 14.7. The van der Waals surface area contributed by atoms with Crippen LogP contribution in [0.15, 0.2) is 48.5 Å². The Morgan fingerprint density at radius 1 is 1.00 bits per heavy atom. The van der Waals surface area contributed by atoms with Gasteiger partial charge < -0.3 is 9.47 Å². The van der Waals surface area contributed by atoms with Gasteiger partial charge in [-0.15, -0.1) is 0 Å². The Balaban J connectivity index is 2.21. The minimum absolute atomic E-state index is 0.239. The maximum atomic E-state index is 11.9. The molecule has 0 aliphatic carbocycles. The monoisotopic (exact) mass is 314 g/mol. The lowest BCUT2D eigenvalue weighted by Crippen LogP contribution is -2.15. The van der Waals surface area contributed by atoms with Crippen LogP contribution in [0.25, 0.3) is 21.5 Å². The largest absolute Gasteiger partial charge is 0.514 e. The molecule has 0 atom stereocenters. The van der Waals surface area contributed by atoms with E-state index in [1.165, 1.54) is 0 Å². The highest BCUT2D eigenvalue weighted by Crippen LogP contribution is 2.36. The minimum atomic E-state index is -0.715. The van der Waals surface area contributed by atoms with Crippen LogP contribution >= 0.6 is 11.6 Å². The zero-order chi connectivity index (χ0) is 15.7. The summed E-state index contributed by atoms with van der Waals surface area (Å²) in [5.41, 5.74) is 0. The maximum Gasteiger partial charge on any atom is 0.514 e. The predicted octanol–water partition coefficient (Wildman–Crippen LogP) is 5.57. The summed E-state index contributed by atoms with van der Waals surface area (Å²) in [6.45, 7) is 3.55. The molecule has 0 spiro atoms. The molecule has 3 aromatic carbocycles. The van der Waals surface area contributed by atoms with Crippen molar-refractivity contribution in [3.8, 4) is 5.75 Å². The summed E-state index contributed by atoms with van der Waals surface area (Å²) in [6, 6.07) is 15.3. The van der Waals surface area contributed by atoms with Crippen molar-refractivity contribution in [2.75, 3.05) is 0 Å². The fraction of sp³-hybridized carbons (Fsp3) is 0.167. The molecule has 22 heavy (non-hydrogen) atoms. The lowest BCUT2D eigenvalue weighted by Gasteiger charge is -2.13. The molecule has 0 radical (unpaired) electrons. The Morgan fingerprint density at radius 3 is 2.50 bits per heavy atom. The topological polar surface area (TPSA) is 35.5 Å². The molecule has 0 unspecified atom stereocenters. The molecule has 0 saturated carbocycles. The van der Waals surface area contributed by atoms with E-state index in [1.807, 2.05) is 42.5 Å². The zero-order valence-corrected chi connectivity index (χ0v) is 13.1. The molecule has 0 saturated heterocycles. The molecule has 3 nitrogen and oxygen atoms in total. The first-order valence-electron chi connectivity index (χ1n) is 7.04. The molecule has 0 bridgehead atoms. The van der Waals surface area contributed by atoms with Crippen LogP contribution in [0.3, 0.4) is 0 Å². The zero-order valence-electron chi connectivity index (χ0n) is 12.3. The summed E-state index contributed by atoms with van der Waals surface area (Å²) in [5.74, 6) is 0.473. The third-order valence-corrected chi connectivity index (χ3v) is 3.53. The van der Waals surface area contributed by atoms with E-state index in [1.54, 1.807) is 19.9 Å². The van der Waals surface area contributed by atoms with Crippen molar-refractivity contribution in [2.24, 2.45) is 0 Å².